The van der Waals surface area contributed by atoms with Gasteiger partial charge in [-0.3, -0.25) is 4.79 Å². The maximum atomic E-state index is 12.7. The average molecular weight is 472 g/mol. The number of carboxylic acid groups (broad SMARTS) is 1. The number of carbonyl (C=O) groups excluding carboxylic acids is 1. The molecular weight excluding hydrogens is 438 g/mol. The molecule has 0 saturated carbocycles. The second kappa shape index (κ2) is 10.8. The number of rotatable bonds is 8. The van der Waals surface area contributed by atoms with Gasteiger partial charge in [-0.15, -0.1) is 0 Å². The monoisotopic (exact) mass is 471 g/mol. The summed E-state index contributed by atoms with van der Waals surface area (Å²) in [5.41, 5.74) is 2.00. The Hall–Kier alpha value is -3.30. The zero-order valence-electron chi connectivity index (χ0n) is 19.6. The zero-order chi connectivity index (χ0) is 24.9. The van der Waals surface area contributed by atoms with Gasteiger partial charge in [-0.1, -0.05) is 24.3 Å². The zero-order valence-corrected chi connectivity index (χ0v) is 19.6. The van der Waals surface area contributed by atoms with Crippen LogP contribution in [0.2, 0.25) is 0 Å². The van der Waals surface area contributed by atoms with Crippen molar-refractivity contribution in [3.05, 3.63) is 59.2 Å². The van der Waals surface area contributed by atoms with Gasteiger partial charge < -0.3 is 35.5 Å². The number of nitrogens with zero attached hydrogens (tertiary/aromatic N) is 2. The number of phenolic OH excluding ortho intramolecular Hbond substituents is 2. The molecule has 3 rings (SSSR count). The third-order valence-corrected chi connectivity index (χ3v) is 5.98. The molecule has 184 valence electrons. The molecular formula is C25H33N3O6. The lowest BCUT2D eigenvalue weighted by Gasteiger charge is -2.33. The van der Waals surface area contributed by atoms with Gasteiger partial charge in [0.2, 0.25) is 5.91 Å². The van der Waals surface area contributed by atoms with Crippen LogP contribution in [0.4, 0.5) is 4.79 Å². The molecule has 1 aliphatic rings. The molecule has 0 aliphatic carbocycles. The van der Waals surface area contributed by atoms with Crippen molar-refractivity contribution in [3.8, 4) is 11.5 Å². The van der Waals surface area contributed by atoms with Crippen LogP contribution in [0.3, 0.4) is 0 Å². The second-order valence-corrected chi connectivity index (χ2v) is 9.39. The first-order valence-electron chi connectivity index (χ1n) is 11.3. The van der Waals surface area contributed by atoms with E-state index in [4.69, 9.17) is 5.11 Å². The maximum Gasteiger partial charge on any atom is 0.407 e. The lowest BCUT2D eigenvalue weighted by molar-refractivity contribution is -0.132. The van der Waals surface area contributed by atoms with Gasteiger partial charge in [0, 0.05) is 44.3 Å². The van der Waals surface area contributed by atoms with Gasteiger partial charge in [-0.25, -0.2) is 4.79 Å². The average Bonchev–Trinajstić information content (AvgIpc) is 2.77. The lowest BCUT2D eigenvalue weighted by Crippen LogP contribution is -2.50. The van der Waals surface area contributed by atoms with Crippen LogP contribution in [-0.2, 0) is 17.6 Å². The summed E-state index contributed by atoms with van der Waals surface area (Å²) >= 11 is 0. The van der Waals surface area contributed by atoms with Crippen LogP contribution in [0.15, 0.2) is 42.5 Å². The van der Waals surface area contributed by atoms with E-state index in [0.29, 0.717) is 38.2 Å². The molecule has 34 heavy (non-hydrogen) atoms. The smallest absolute Gasteiger partial charge is 0.407 e. The molecule has 2 aromatic carbocycles. The predicted octanol–water partition coefficient (Wildman–Crippen LogP) is 2.11. The fourth-order valence-corrected chi connectivity index (χ4v) is 4.16. The summed E-state index contributed by atoms with van der Waals surface area (Å²) in [7, 11) is 0. The van der Waals surface area contributed by atoms with Crippen molar-refractivity contribution >= 4 is 12.0 Å². The number of phenols is 2. The quantitative estimate of drug-likeness (QED) is 0.398. The van der Waals surface area contributed by atoms with Gasteiger partial charge >= 0.3 is 6.09 Å². The number of aromatic hydroxyl groups is 2. The Morgan fingerprint density at radius 3 is 2.18 bits per heavy atom. The molecule has 1 atom stereocenters. The van der Waals surface area contributed by atoms with Crippen molar-refractivity contribution in [1.82, 2.24) is 15.1 Å². The number of piperazine rings is 1. The highest BCUT2D eigenvalue weighted by Gasteiger charge is 2.24. The highest BCUT2D eigenvalue weighted by molar-refractivity contribution is 5.79. The lowest BCUT2D eigenvalue weighted by atomic mass is 9.93. The number of nitrogens with one attached hydrogen (secondary N) is 1. The SMILES string of the molecule is CC(C)(Cc1cccc(CC(=O)N2CCN(C(=O)O)CC2)c1)NCC(O)c1cc(O)cc(O)c1. The van der Waals surface area contributed by atoms with Crippen LogP contribution in [0.1, 0.15) is 36.6 Å². The van der Waals surface area contributed by atoms with Crippen LogP contribution in [-0.4, -0.2) is 80.5 Å². The molecule has 1 heterocycles. The number of carbonyl (C=O) groups is 2. The third-order valence-electron chi connectivity index (χ3n) is 5.98. The number of hydrogen-bond acceptors (Lipinski definition) is 6. The number of benzene rings is 2. The Bertz CT molecular complexity index is 997. The van der Waals surface area contributed by atoms with Gasteiger partial charge in [0.15, 0.2) is 0 Å². The normalized spacial score (nSPS) is 15.3. The van der Waals surface area contributed by atoms with E-state index in [-0.39, 0.29) is 35.9 Å². The van der Waals surface area contributed by atoms with E-state index in [1.54, 1.807) is 4.90 Å². The highest BCUT2D eigenvalue weighted by Crippen LogP contribution is 2.25. The van der Waals surface area contributed by atoms with Gasteiger partial charge in [0.25, 0.3) is 0 Å². The van der Waals surface area contributed by atoms with E-state index in [9.17, 15) is 24.9 Å². The first-order chi connectivity index (χ1) is 16.0. The highest BCUT2D eigenvalue weighted by atomic mass is 16.4. The van der Waals surface area contributed by atoms with E-state index < -0.39 is 12.2 Å². The van der Waals surface area contributed by atoms with Crippen LogP contribution < -0.4 is 5.32 Å². The van der Waals surface area contributed by atoms with E-state index in [1.807, 2.05) is 38.1 Å². The van der Waals surface area contributed by atoms with Crippen LogP contribution in [0, 0.1) is 0 Å². The molecule has 5 N–H and O–H groups in total. The summed E-state index contributed by atoms with van der Waals surface area (Å²) in [4.78, 5) is 26.8. The van der Waals surface area contributed by atoms with Crippen LogP contribution >= 0.6 is 0 Å². The van der Waals surface area contributed by atoms with Crippen molar-refractivity contribution < 1.29 is 30.0 Å². The molecule has 0 aromatic heterocycles. The fraction of sp³-hybridized carbons (Fsp3) is 0.440. The number of amides is 2. The minimum Gasteiger partial charge on any atom is -0.508 e. The minimum atomic E-state index is -0.955. The summed E-state index contributed by atoms with van der Waals surface area (Å²) in [6, 6.07) is 11.9. The van der Waals surface area contributed by atoms with E-state index in [0.717, 1.165) is 11.1 Å². The maximum absolute atomic E-state index is 12.7. The Morgan fingerprint density at radius 2 is 1.56 bits per heavy atom. The largest absolute Gasteiger partial charge is 0.508 e. The summed E-state index contributed by atoms with van der Waals surface area (Å²) in [5, 5.41) is 42.1. The summed E-state index contributed by atoms with van der Waals surface area (Å²) in [6.07, 6.45) is -0.940. The molecule has 1 unspecified atom stereocenters. The van der Waals surface area contributed by atoms with Crippen molar-refractivity contribution in [2.45, 2.75) is 38.3 Å². The third kappa shape index (κ3) is 7.10. The molecule has 9 nitrogen and oxygen atoms in total. The molecule has 0 radical (unpaired) electrons. The van der Waals surface area contributed by atoms with Crippen LogP contribution in [0.5, 0.6) is 11.5 Å². The number of aliphatic hydroxyl groups excluding tert-OH is 1. The Morgan fingerprint density at radius 1 is 0.971 bits per heavy atom. The first kappa shape index (κ1) is 25.3. The Balaban J connectivity index is 1.54. The molecule has 2 aromatic rings. The molecule has 1 saturated heterocycles. The fourth-order valence-electron chi connectivity index (χ4n) is 4.16. The van der Waals surface area contributed by atoms with Crippen molar-refractivity contribution in [1.29, 1.82) is 0 Å². The summed E-state index contributed by atoms with van der Waals surface area (Å²) in [6.45, 7) is 5.72. The molecule has 1 fully saturated rings. The van der Waals surface area contributed by atoms with E-state index in [2.05, 4.69) is 5.32 Å². The Kier molecular flexibility index (Phi) is 8.01. The van der Waals surface area contributed by atoms with E-state index >= 15 is 0 Å². The van der Waals surface area contributed by atoms with Crippen molar-refractivity contribution in [2.75, 3.05) is 32.7 Å². The summed E-state index contributed by atoms with van der Waals surface area (Å²) < 4.78 is 0. The topological polar surface area (TPSA) is 134 Å². The minimum absolute atomic E-state index is 0.0166. The van der Waals surface area contributed by atoms with Gasteiger partial charge in [-0.2, -0.15) is 0 Å². The second-order valence-electron chi connectivity index (χ2n) is 9.39. The summed E-state index contributed by atoms with van der Waals surface area (Å²) in [5.74, 6) is -0.232. The molecule has 1 aliphatic heterocycles. The van der Waals surface area contributed by atoms with Gasteiger partial charge in [0.05, 0.1) is 12.5 Å². The Labute approximate surface area is 199 Å². The van der Waals surface area contributed by atoms with Crippen molar-refractivity contribution in [3.63, 3.8) is 0 Å². The van der Waals surface area contributed by atoms with Crippen LogP contribution in [0.25, 0.3) is 0 Å². The molecule has 0 spiro atoms. The van der Waals surface area contributed by atoms with Gasteiger partial charge in [-0.05, 0) is 49.1 Å². The predicted molar refractivity (Wildman–Crippen MR) is 127 cm³/mol. The molecule has 9 heteroatoms. The standard InChI is InChI=1S/C25H33N3O6/c1-25(2,26-16-22(31)19-12-20(29)14-21(30)13-19)15-18-5-3-4-17(10-18)11-23(32)27-6-8-28(9-7-27)24(33)34/h3-5,10,12-14,22,26,29-31H,6-9,11,15-16H2,1-2H3,(H,33,34). The van der Waals surface area contributed by atoms with E-state index in [1.165, 1.54) is 23.1 Å². The van der Waals surface area contributed by atoms with Gasteiger partial charge in [0.1, 0.15) is 11.5 Å². The molecule has 0 bridgehead atoms. The number of β-amino-alcohol motifs (C(OH)–C–C–N with tert-alkyl or cyclic N) is 1. The number of hydrogen-bond donors (Lipinski definition) is 5. The molecule has 2 amide bonds. The number of aliphatic hydroxyl groups is 1. The van der Waals surface area contributed by atoms with Crippen molar-refractivity contribution in [2.24, 2.45) is 0 Å². The first-order valence-corrected chi connectivity index (χ1v) is 11.3.